The fourth-order valence-electron chi connectivity index (χ4n) is 3.00. The van der Waals surface area contributed by atoms with Gasteiger partial charge in [0.25, 0.3) is 5.91 Å². The SMILES string of the molecule is Cc1cc(N)cc(C(=O)N(C)CC2CCCCC2)c1. The molecule has 1 aromatic rings. The molecule has 0 spiro atoms. The van der Waals surface area contributed by atoms with Crippen molar-refractivity contribution < 1.29 is 4.79 Å². The highest BCUT2D eigenvalue weighted by Crippen LogP contribution is 2.24. The molecule has 0 radical (unpaired) electrons. The zero-order valence-electron chi connectivity index (χ0n) is 12.0. The molecule has 0 heterocycles. The van der Waals surface area contributed by atoms with E-state index in [9.17, 15) is 4.79 Å². The highest BCUT2D eigenvalue weighted by Gasteiger charge is 2.19. The average molecular weight is 260 g/mol. The minimum Gasteiger partial charge on any atom is -0.399 e. The second-order valence-corrected chi connectivity index (χ2v) is 5.82. The lowest BCUT2D eigenvalue weighted by Gasteiger charge is -2.27. The van der Waals surface area contributed by atoms with Gasteiger partial charge in [-0.15, -0.1) is 0 Å². The zero-order valence-corrected chi connectivity index (χ0v) is 12.0. The molecular weight excluding hydrogens is 236 g/mol. The summed E-state index contributed by atoms with van der Waals surface area (Å²) in [6, 6.07) is 5.57. The molecule has 1 aromatic carbocycles. The van der Waals surface area contributed by atoms with Gasteiger partial charge in [-0.05, 0) is 49.4 Å². The summed E-state index contributed by atoms with van der Waals surface area (Å²) in [5.41, 5.74) is 8.21. The molecule has 1 amide bonds. The van der Waals surface area contributed by atoms with Crippen molar-refractivity contribution in [3.8, 4) is 0 Å². The predicted molar refractivity (Wildman–Crippen MR) is 79.1 cm³/mol. The van der Waals surface area contributed by atoms with Crippen molar-refractivity contribution in [1.29, 1.82) is 0 Å². The number of benzene rings is 1. The van der Waals surface area contributed by atoms with Gasteiger partial charge in [-0.1, -0.05) is 19.3 Å². The predicted octanol–water partition coefficient (Wildman–Crippen LogP) is 3.23. The van der Waals surface area contributed by atoms with E-state index in [4.69, 9.17) is 5.73 Å². The Bertz CT molecular complexity index is 430. The van der Waals surface area contributed by atoms with Gasteiger partial charge in [0.05, 0.1) is 0 Å². The van der Waals surface area contributed by atoms with Crippen LogP contribution in [0.1, 0.15) is 48.0 Å². The van der Waals surface area contributed by atoms with Crippen LogP contribution in [-0.4, -0.2) is 24.4 Å². The molecule has 1 aliphatic rings. The first kappa shape index (κ1) is 13.9. The molecule has 0 unspecified atom stereocenters. The number of nitrogens with zero attached hydrogens (tertiary/aromatic N) is 1. The van der Waals surface area contributed by atoms with Gasteiger partial charge in [-0.2, -0.15) is 0 Å². The van der Waals surface area contributed by atoms with Crippen molar-refractivity contribution in [3.05, 3.63) is 29.3 Å². The van der Waals surface area contributed by atoms with E-state index in [-0.39, 0.29) is 5.91 Å². The Balaban J connectivity index is 2.01. The number of nitrogen functional groups attached to an aromatic ring is 1. The number of anilines is 1. The molecule has 3 heteroatoms. The normalized spacial score (nSPS) is 16.3. The van der Waals surface area contributed by atoms with Gasteiger partial charge in [0.2, 0.25) is 0 Å². The molecule has 1 fully saturated rings. The number of rotatable bonds is 3. The molecule has 19 heavy (non-hydrogen) atoms. The smallest absolute Gasteiger partial charge is 0.253 e. The third-order valence-corrected chi connectivity index (χ3v) is 3.95. The van der Waals surface area contributed by atoms with Gasteiger partial charge >= 0.3 is 0 Å². The standard InChI is InChI=1S/C16H24N2O/c1-12-8-14(10-15(17)9-12)16(19)18(2)11-13-6-4-3-5-7-13/h8-10,13H,3-7,11,17H2,1-2H3. The summed E-state index contributed by atoms with van der Waals surface area (Å²) >= 11 is 0. The maximum Gasteiger partial charge on any atom is 0.253 e. The molecule has 104 valence electrons. The first-order valence-electron chi connectivity index (χ1n) is 7.19. The first-order chi connectivity index (χ1) is 9.06. The van der Waals surface area contributed by atoms with Crippen LogP contribution in [0.5, 0.6) is 0 Å². The van der Waals surface area contributed by atoms with Gasteiger partial charge in [-0.25, -0.2) is 0 Å². The lowest BCUT2D eigenvalue weighted by atomic mass is 9.89. The lowest BCUT2D eigenvalue weighted by molar-refractivity contribution is 0.0760. The number of hydrogen-bond donors (Lipinski definition) is 1. The molecule has 1 saturated carbocycles. The van der Waals surface area contributed by atoms with Crippen LogP contribution in [0, 0.1) is 12.8 Å². The van der Waals surface area contributed by atoms with E-state index in [1.54, 1.807) is 6.07 Å². The van der Waals surface area contributed by atoms with Crippen LogP contribution < -0.4 is 5.73 Å². The van der Waals surface area contributed by atoms with Crippen LogP contribution in [0.15, 0.2) is 18.2 Å². The Morgan fingerprint density at radius 3 is 2.58 bits per heavy atom. The van der Waals surface area contributed by atoms with Crippen LogP contribution >= 0.6 is 0 Å². The fraction of sp³-hybridized carbons (Fsp3) is 0.562. The molecule has 0 saturated heterocycles. The molecule has 1 aliphatic carbocycles. The Morgan fingerprint density at radius 2 is 1.95 bits per heavy atom. The van der Waals surface area contributed by atoms with Crippen molar-refractivity contribution in [3.63, 3.8) is 0 Å². The Morgan fingerprint density at radius 1 is 1.26 bits per heavy atom. The summed E-state index contributed by atoms with van der Waals surface area (Å²) in [4.78, 5) is 14.2. The van der Waals surface area contributed by atoms with Gasteiger partial charge in [0.15, 0.2) is 0 Å². The molecule has 0 aromatic heterocycles. The molecule has 0 bridgehead atoms. The van der Waals surface area contributed by atoms with Crippen LogP contribution in [0.3, 0.4) is 0 Å². The minimum atomic E-state index is 0.0842. The number of carbonyl (C=O) groups is 1. The third kappa shape index (κ3) is 3.72. The Labute approximate surface area is 115 Å². The van der Waals surface area contributed by atoms with Crippen LogP contribution in [-0.2, 0) is 0 Å². The monoisotopic (exact) mass is 260 g/mol. The van der Waals surface area contributed by atoms with Gasteiger partial charge in [0, 0.05) is 24.8 Å². The fourth-order valence-corrected chi connectivity index (χ4v) is 3.00. The molecule has 0 aliphatic heterocycles. The van der Waals surface area contributed by atoms with Crippen molar-refractivity contribution in [1.82, 2.24) is 4.90 Å². The Kier molecular flexibility index (Phi) is 4.46. The molecule has 3 nitrogen and oxygen atoms in total. The van der Waals surface area contributed by atoms with Crippen LogP contribution in [0.4, 0.5) is 5.69 Å². The van der Waals surface area contributed by atoms with E-state index >= 15 is 0 Å². The van der Waals surface area contributed by atoms with Crippen molar-refractivity contribution in [2.75, 3.05) is 19.3 Å². The number of nitrogens with two attached hydrogens (primary N) is 1. The molecule has 2 rings (SSSR count). The maximum absolute atomic E-state index is 12.4. The van der Waals surface area contributed by atoms with Gasteiger partial charge in [-0.3, -0.25) is 4.79 Å². The van der Waals surface area contributed by atoms with Crippen LogP contribution in [0.25, 0.3) is 0 Å². The number of hydrogen-bond acceptors (Lipinski definition) is 2. The van der Waals surface area contributed by atoms with Crippen molar-refractivity contribution in [2.24, 2.45) is 5.92 Å². The molecule has 2 N–H and O–H groups in total. The number of aryl methyl sites for hydroxylation is 1. The van der Waals surface area contributed by atoms with Crippen LogP contribution in [0.2, 0.25) is 0 Å². The van der Waals surface area contributed by atoms with E-state index in [2.05, 4.69) is 0 Å². The average Bonchev–Trinajstić information content (AvgIpc) is 2.37. The van der Waals surface area contributed by atoms with Gasteiger partial charge < -0.3 is 10.6 Å². The first-order valence-corrected chi connectivity index (χ1v) is 7.19. The number of amides is 1. The van der Waals surface area contributed by atoms with E-state index in [1.165, 1.54) is 32.1 Å². The quantitative estimate of drug-likeness (QED) is 0.848. The largest absolute Gasteiger partial charge is 0.399 e. The van der Waals surface area contributed by atoms with E-state index in [1.807, 2.05) is 31.0 Å². The van der Waals surface area contributed by atoms with E-state index < -0.39 is 0 Å². The maximum atomic E-state index is 12.4. The van der Waals surface area contributed by atoms with Crippen molar-refractivity contribution in [2.45, 2.75) is 39.0 Å². The molecule has 0 atom stereocenters. The summed E-state index contributed by atoms with van der Waals surface area (Å²) in [6.45, 7) is 2.83. The summed E-state index contributed by atoms with van der Waals surface area (Å²) in [5.74, 6) is 0.755. The van der Waals surface area contributed by atoms with E-state index in [0.717, 1.165) is 12.1 Å². The topological polar surface area (TPSA) is 46.3 Å². The summed E-state index contributed by atoms with van der Waals surface area (Å²) in [7, 11) is 1.90. The van der Waals surface area contributed by atoms with Crippen molar-refractivity contribution >= 4 is 11.6 Å². The Hall–Kier alpha value is -1.51. The second kappa shape index (κ2) is 6.09. The summed E-state index contributed by atoms with van der Waals surface area (Å²) < 4.78 is 0. The van der Waals surface area contributed by atoms with E-state index in [0.29, 0.717) is 17.2 Å². The highest BCUT2D eigenvalue weighted by atomic mass is 16.2. The molecular formula is C16H24N2O. The lowest BCUT2D eigenvalue weighted by Crippen LogP contribution is -2.32. The summed E-state index contributed by atoms with van der Waals surface area (Å²) in [6.07, 6.45) is 6.48. The second-order valence-electron chi connectivity index (χ2n) is 5.82. The highest BCUT2D eigenvalue weighted by molar-refractivity contribution is 5.95. The minimum absolute atomic E-state index is 0.0842. The third-order valence-electron chi connectivity index (χ3n) is 3.95. The summed E-state index contributed by atoms with van der Waals surface area (Å²) in [5, 5.41) is 0. The zero-order chi connectivity index (χ0) is 13.8. The van der Waals surface area contributed by atoms with Gasteiger partial charge in [0.1, 0.15) is 0 Å². The number of carbonyl (C=O) groups excluding carboxylic acids is 1.